The van der Waals surface area contributed by atoms with Gasteiger partial charge in [-0.05, 0) is 84.3 Å². The van der Waals surface area contributed by atoms with Crippen LogP contribution in [0.15, 0.2) is 60.7 Å². The molecule has 168 valence electrons. The van der Waals surface area contributed by atoms with E-state index in [-0.39, 0.29) is 0 Å². The van der Waals surface area contributed by atoms with Gasteiger partial charge in [-0.15, -0.1) is 0 Å². The Morgan fingerprint density at radius 3 is 2.06 bits per heavy atom. The largest absolute Gasteiger partial charge is 0.508 e. The van der Waals surface area contributed by atoms with Gasteiger partial charge in [0.1, 0.15) is 5.75 Å². The highest BCUT2D eigenvalue weighted by atomic mass is 16.5. The lowest BCUT2D eigenvalue weighted by Gasteiger charge is -2.29. The van der Waals surface area contributed by atoms with Crippen molar-refractivity contribution in [2.45, 2.75) is 38.6 Å². The minimum absolute atomic E-state index is 0.305. The number of aryl methyl sites for hydroxylation is 1. The molecule has 3 aromatic carbocycles. The van der Waals surface area contributed by atoms with E-state index >= 15 is 0 Å². The molecule has 1 N–H and O–H groups in total. The molecule has 0 aromatic heterocycles. The molecule has 1 aliphatic heterocycles. The topological polar surface area (TPSA) is 41.9 Å². The average Bonchev–Trinajstić information content (AvgIpc) is 2.83. The van der Waals surface area contributed by atoms with Gasteiger partial charge in [-0.3, -0.25) is 4.90 Å². The quantitative estimate of drug-likeness (QED) is 0.432. The number of phenolic OH excluding ortho intramolecular Hbond substituents is 1. The summed E-state index contributed by atoms with van der Waals surface area (Å²) in [6, 6.07) is 20.5. The van der Waals surface area contributed by atoms with E-state index < -0.39 is 0 Å². The van der Waals surface area contributed by atoms with Crippen molar-refractivity contribution < 1.29 is 14.6 Å². The molecule has 0 fully saturated rings. The number of hydrogen-bond acceptors (Lipinski definition) is 4. The summed E-state index contributed by atoms with van der Waals surface area (Å²) in [5.41, 5.74) is 6.46. The highest BCUT2D eigenvalue weighted by Crippen LogP contribution is 2.33. The molecule has 0 aliphatic carbocycles. The molecule has 1 aliphatic rings. The number of phenols is 1. The number of aromatic hydroxyl groups is 1. The van der Waals surface area contributed by atoms with Gasteiger partial charge in [-0.25, -0.2) is 0 Å². The van der Waals surface area contributed by atoms with Crippen LogP contribution in [0, 0.1) is 0 Å². The number of methoxy groups -OCH3 is 2. The Hall–Kier alpha value is -2.98. The molecule has 1 heterocycles. The van der Waals surface area contributed by atoms with Crippen LogP contribution in [0.25, 0.3) is 11.1 Å². The summed E-state index contributed by atoms with van der Waals surface area (Å²) in [5.74, 6) is 1.96. The molecule has 4 nitrogen and oxygen atoms in total. The molecule has 0 radical (unpaired) electrons. The first kappa shape index (κ1) is 22.2. The number of rotatable bonds is 9. The van der Waals surface area contributed by atoms with E-state index in [0.29, 0.717) is 5.75 Å². The molecule has 0 saturated carbocycles. The zero-order valence-corrected chi connectivity index (χ0v) is 19.1. The lowest BCUT2D eigenvalue weighted by Crippen LogP contribution is -2.31. The van der Waals surface area contributed by atoms with E-state index in [9.17, 15) is 5.11 Å². The van der Waals surface area contributed by atoms with Crippen molar-refractivity contribution in [1.29, 1.82) is 0 Å². The summed E-state index contributed by atoms with van der Waals surface area (Å²) in [4.78, 5) is 2.56. The zero-order chi connectivity index (χ0) is 22.3. The fraction of sp³-hybridized carbons (Fsp3) is 0.357. The fourth-order valence-corrected chi connectivity index (χ4v) is 4.49. The van der Waals surface area contributed by atoms with Crippen LogP contribution in [0.3, 0.4) is 0 Å². The molecule has 0 spiro atoms. The monoisotopic (exact) mass is 431 g/mol. The summed E-state index contributed by atoms with van der Waals surface area (Å²) in [6.07, 6.45) is 5.88. The van der Waals surface area contributed by atoms with E-state index in [0.717, 1.165) is 49.5 Å². The van der Waals surface area contributed by atoms with E-state index in [1.807, 2.05) is 12.1 Å². The summed E-state index contributed by atoms with van der Waals surface area (Å²) < 4.78 is 10.9. The maximum Gasteiger partial charge on any atom is 0.161 e. The highest BCUT2D eigenvalue weighted by molar-refractivity contribution is 5.64. The van der Waals surface area contributed by atoms with Crippen LogP contribution in [0.5, 0.6) is 17.2 Å². The number of fused-ring (bicyclic) bond motifs is 1. The Morgan fingerprint density at radius 1 is 0.781 bits per heavy atom. The Morgan fingerprint density at radius 2 is 1.41 bits per heavy atom. The van der Waals surface area contributed by atoms with E-state index in [1.54, 1.807) is 26.4 Å². The molecule has 0 unspecified atom stereocenters. The van der Waals surface area contributed by atoms with Crippen molar-refractivity contribution in [3.8, 4) is 28.4 Å². The predicted molar refractivity (Wildman–Crippen MR) is 130 cm³/mol. The van der Waals surface area contributed by atoms with Crippen LogP contribution in [0.2, 0.25) is 0 Å². The smallest absolute Gasteiger partial charge is 0.161 e. The van der Waals surface area contributed by atoms with Gasteiger partial charge in [0.05, 0.1) is 14.2 Å². The lowest BCUT2D eigenvalue weighted by atomic mass is 9.98. The van der Waals surface area contributed by atoms with Crippen molar-refractivity contribution in [2.24, 2.45) is 0 Å². The number of ether oxygens (including phenoxy) is 2. The highest BCUT2D eigenvalue weighted by Gasteiger charge is 2.19. The Kier molecular flexibility index (Phi) is 7.33. The summed E-state index contributed by atoms with van der Waals surface area (Å²) >= 11 is 0. The molecule has 0 atom stereocenters. The lowest BCUT2D eigenvalue weighted by molar-refractivity contribution is 0.247. The normalized spacial score (nSPS) is 13.6. The molecule has 3 aromatic rings. The third kappa shape index (κ3) is 5.43. The van der Waals surface area contributed by atoms with Crippen LogP contribution in [-0.2, 0) is 19.4 Å². The molecule has 0 bridgehead atoms. The Balaban J connectivity index is 1.20. The third-order valence-electron chi connectivity index (χ3n) is 6.39. The average molecular weight is 432 g/mol. The summed E-state index contributed by atoms with van der Waals surface area (Å²) in [6.45, 7) is 3.25. The maximum absolute atomic E-state index is 9.44. The third-order valence-corrected chi connectivity index (χ3v) is 6.39. The van der Waals surface area contributed by atoms with Crippen molar-refractivity contribution in [3.05, 3.63) is 77.4 Å². The van der Waals surface area contributed by atoms with Crippen molar-refractivity contribution in [2.75, 3.05) is 27.3 Å². The SMILES string of the molecule is COc1cc2c(cc1OC)CN(CCCCCc1ccc(-c3ccc(O)cc3)cc1)CC2. The molecular formula is C28H33NO3. The van der Waals surface area contributed by atoms with Gasteiger partial charge in [0.25, 0.3) is 0 Å². The van der Waals surface area contributed by atoms with Gasteiger partial charge >= 0.3 is 0 Å². The molecule has 32 heavy (non-hydrogen) atoms. The number of unbranched alkanes of at least 4 members (excludes halogenated alkanes) is 2. The minimum Gasteiger partial charge on any atom is -0.508 e. The number of nitrogens with zero attached hydrogens (tertiary/aromatic N) is 1. The van der Waals surface area contributed by atoms with Gasteiger partial charge < -0.3 is 14.6 Å². The first-order valence-corrected chi connectivity index (χ1v) is 11.5. The van der Waals surface area contributed by atoms with Crippen LogP contribution < -0.4 is 9.47 Å². The standard InChI is InChI=1S/C28H33NO3/c1-31-27-18-24-15-17-29(20-25(24)19-28(27)32-2)16-5-3-4-6-21-7-9-22(10-8-21)23-11-13-26(30)14-12-23/h7-14,18-19,30H,3-6,15-17,20H2,1-2H3. The van der Waals surface area contributed by atoms with Gasteiger partial charge in [0.2, 0.25) is 0 Å². The summed E-state index contributed by atoms with van der Waals surface area (Å²) in [5, 5.41) is 9.44. The Bertz CT molecular complexity index is 1010. The van der Waals surface area contributed by atoms with Crippen LogP contribution in [-0.4, -0.2) is 37.3 Å². The second-order valence-electron chi connectivity index (χ2n) is 8.56. The van der Waals surface area contributed by atoms with Crippen molar-refractivity contribution in [3.63, 3.8) is 0 Å². The first-order chi connectivity index (χ1) is 15.7. The van der Waals surface area contributed by atoms with Crippen LogP contribution >= 0.6 is 0 Å². The number of hydrogen-bond donors (Lipinski definition) is 1. The van der Waals surface area contributed by atoms with Gasteiger partial charge in [-0.1, -0.05) is 42.8 Å². The van der Waals surface area contributed by atoms with Crippen LogP contribution in [0.1, 0.15) is 36.0 Å². The minimum atomic E-state index is 0.305. The zero-order valence-electron chi connectivity index (χ0n) is 19.1. The number of benzene rings is 3. The molecule has 4 heteroatoms. The molecule has 4 rings (SSSR count). The van der Waals surface area contributed by atoms with Gasteiger partial charge in [0.15, 0.2) is 11.5 Å². The predicted octanol–water partition coefficient (Wildman–Crippen LogP) is 5.85. The van der Waals surface area contributed by atoms with E-state index in [1.165, 1.54) is 41.5 Å². The van der Waals surface area contributed by atoms with E-state index in [4.69, 9.17) is 9.47 Å². The van der Waals surface area contributed by atoms with Crippen LogP contribution in [0.4, 0.5) is 0 Å². The second-order valence-corrected chi connectivity index (χ2v) is 8.56. The van der Waals surface area contributed by atoms with Crippen molar-refractivity contribution >= 4 is 0 Å². The first-order valence-electron chi connectivity index (χ1n) is 11.5. The fourth-order valence-electron chi connectivity index (χ4n) is 4.49. The summed E-state index contributed by atoms with van der Waals surface area (Å²) in [7, 11) is 3.40. The van der Waals surface area contributed by atoms with E-state index in [2.05, 4.69) is 41.3 Å². The maximum atomic E-state index is 9.44. The van der Waals surface area contributed by atoms with Gasteiger partial charge in [0, 0.05) is 13.1 Å². The van der Waals surface area contributed by atoms with Gasteiger partial charge in [-0.2, -0.15) is 0 Å². The Labute approximate surface area is 191 Å². The van der Waals surface area contributed by atoms with Crippen molar-refractivity contribution in [1.82, 2.24) is 4.90 Å². The molecule has 0 amide bonds. The molecular weight excluding hydrogens is 398 g/mol. The molecule has 0 saturated heterocycles. The second kappa shape index (κ2) is 10.6.